The van der Waals surface area contributed by atoms with Gasteiger partial charge in [-0.2, -0.15) is 4.99 Å². The molecular formula is C16H21IN4O3S. The Morgan fingerprint density at radius 2 is 1.92 bits per heavy atom. The van der Waals surface area contributed by atoms with Gasteiger partial charge in [-0.25, -0.2) is 4.99 Å². The molecule has 1 aromatic rings. The van der Waals surface area contributed by atoms with Gasteiger partial charge in [0.05, 0.1) is 18.9 Å². The summed E-state index contributed by atoms with van der Waals surface area (Å²) in [4.78, 5) is 13.9. The lowest BCUT2D eigenvalue weighted by atomic mass is 10.3. The average molecular weight is 476 g/mol. The summed E-state index contributed by atoms with van der Waals surface area (Å²) < 4.78 is 16.3. The van der Waals surface area contributed by atoms with Crippen LogP contribution in [-0.4, -0.2) is 73.4 Å². The number of halogens is 1. The first-order valence-corrected chi connectivity index (χ1v) is 9.02. The molecule has 4 rings (SSSR count). The van der Waals surface area contributed by atoms with Crippen molar-refractivity contribution in [2.75, 3.05) is 52.4 Å². The molecule has 9 heteroatoms. The molecule has 0 bridgehead atoms. The van der Waals surface area contributed by atoms with Crippen molar-refractivity contribution in [1.29, 1.82) is 0 Å². The van der Waals surface area contributed by atoms with Gasteiger partial charge in [0.1, 0.15) is 0 Å². The maximum atomic E-state index is 5.45. The molecule has 0 N–H and O–H groups in total. The number of amidine groups is 1. The maximum Gasteiger partial charge on any atom is 0.231 e. The van der Waals surface area contributed by atoms with Crippen molar-refractivity contribution >= 4 is 52.6 Å². The summed E-state index contributed by atoms with van der Waals surface area (Å²) in [5.74, 6) is 3.29. The normalized spacial score (nSPS) is 21.6. The number of thioether (sulfide) groups is 1. The molecule has 3 aliphatic rings. The summed E-state index contributed by atoms with van der Waals surface area (Å²) in [5, 5.41) is 1.01. The number of ether oxygens (including phenoxy) is 3. The monoisotopic (exact) mass is 476 g/mol. The number of benzene rings is 1. The molecule has 0 aromatic heterocycles. The van der Waals surface area contributed by atoms with Crippen LogP contribution in [0.4, 0.5) is 5.69 Å². The second-order valence-electron chi connectivity index (χ2n) is 5.71. The van der Waals surface area contributed by atoms with E-state index in [-0.39, 0.29) is 30.8 Å². The molecule has 0 saturated carbocycles. The molecule has 3 heterocycles. The molecule has 7 nitrogen and oxygen atoms in total. The number of hydrogen-bond donors (Lipinski definition) is 0. The molecule has 136 valence electrons. The molecule has 3 aliphatic heterocycles. The van der Waals surface area contributed by atoms with Crippen LogP contribution in [0.15, 0.2) is 28.2 Å². The summed E-state index contributed by atoms with van der Waals surface area (Å²) in [6, 6.07) is 5.72. The SMILES string of the molecule is CN1CCSC1=NC(=Nc1ccc2c(c1)OCO2)N1CCOCC1.I. The number of fused-ring (bicyclic) bond motifs is 1. The Bertz CT molecular complexity index is 679. The highest BCUT2D eigenvalue weighted by Crippen LogP contribution is 2.35. The molecule has 0 radical (unpaired) electrons. The fourth-order valence-electron chi connectivity index (χ4n) is 2.68. The number of hydrogen-bond acceptors (Lipinski definition) is 5. The zero-order valence-electron chi connectivity index (χ0n) is 14.0. The molecule has 0 spiro atoms. The standard InChI is InChI=1S/C16H20N4O3S.HI/c1-19-6-9-24-16(19)18-15(20-4-7-21-8-5-20)17-12-2-3-13-14(10-12)23-11-22-13;/h2-3,10H,4-9,11H2,1H3;1H. The Kier molecular flexibility index (Phi) is 6.29. The van der Waals surface area contributed by atoms with Gasteiger partial charge in [-0.1, -0.05) is 11.8 Å². The smallest absolute Gasteiger partial charge is 0.231 e. The Labute approximate surface area is 168 Å². The van der Waals surface area contributed by atoms with Crippen molar-refractivity contribution in [1.82, 2.24) is 9.80 Å². The minimum absolute atomic E-state index is 0. The summed E-state index contributed by atoms with van der Waals surface area (Å²) in [7, 11) is 2.07. The third kappa shape index (κ3) is 4.32. The van der Waals surface area contributed by atoms with Gasteiger partial charge < -0.3 is 24.0 Å². The maximum absolute atomic E-state index is 5.45. The van der Waals surface area contributed by atoms with E-state index in [1.807, 2.05) is 18.2 Å². The van der Waals surface area contributed by atoms with E-state index >= 15 is 0 Å². The van der Waals surface area contributed by atoms with E-state index in [1.54, 1.807) is 11.8 Å². The molecule has 0 unspecified atom stereocenters. The Hall–Kier alpha value is -1.20. The minimum atomic E-state index is 0. The summed E-state index contributed by atoms with van der Waals surface area (Å²) in [6.45, 7) is 4.29. The minimum Gasteiger partial charge on any atom is -0.454 e. The van der Waals surface area contributed by atoms with E-state index < -0.39 is 0 Å². The van der Waals surface area contributed by atoms with Crippen LogP contribution in [0.5, 0.6) is 11.5 Å². The van der Waals surface area contributed by atoms with Gasteiger partial charge >= 0.3 is 0 Å². The molecule has 25 heavy (non-hydrogen) atoms. The number of morpholine rings is 1. The van der Waals surface area contributed by atoms with Gasteiger partial charge in [-0.05, 0) is 12.1 Å². The lowest BCUT2D eigenvalue weighted by molar-refractivity contribution is 0.0676. The molecule has 0 amide bonds. The number of rotatable bonds is 1. The first-order chi connectivity index (χ1) is 11.8. The van der Waals surface area contributed by atoms with E-state index in [9.17, 15) is 0 Å². The van der Waals surface area contributed by atoms with Crippen LogP contribution in [-0.2, 0) is 4.74 Å². The second kappa shape index (κ2) is 8.45. The Morgan fingerprint density at radius 3 is 2.68 bits per heavy atom. The average Bonchev–Trinajstić information content (AvgIpc) is 3.24. The number of nitrogens with zero attached hydrogens (tertiary/aromatic N) is 4. The van der Waals surface area contributed by atoms with E-state index in [4.69, 9.17) is 24.2 Å². The molecule has 2 fully saturated rings. The fourth-order valence-corrected chi connectivity index (χ4v) is 3.69. The highest BCUT2D eigenvalue weighted by Gasteiger charge is 2.21. The third-order valence-corrected chi connectivity index (χ3v) is 5.11. The molecule has 1 aromatic carbocycles. The van der Waals surface area contributed by atoms with Crippen molar-refractivity contribution in [2.45, 2.75) is 0 Å². The van der Waals surface area contributed by atoms with Crippen LogP contribution >= 0.6 is 35.7 Å². The van der Waals surface area contributed by atoms with Crippen molar-refractivity contribution in [2.24, 2.45) is 9.98 Å². The van der Waals surface area contributed by atoms with Crippen molar-refractivity contribution in [3.05, 3.63) is 18.2 Å². The lowest BCUT2D eigenvalue weighted by Crippen LogP contribution is -2.40. The lowest BCUT2D eigenvalue weighted by Gasteiger charge is -2.28. The zero-order valence-corrected chi connectivity index (χ0v) is 17.2. The first-order valence-electron chi connectivity index (χ1n) is 8.03. The van der Waals surface area contributed by atoms with Crippen molar-refractivity contribution < 1.29 is 14.2 Å². The van der Waals surface area contributed by atoms with E-state index in [0.717, 1.165) is 53.7 Å². The van der Waals surface area contributed by atoms with Crippen molar-refractivity contribution in [3.8, 4) is 11.5 Å². The Balaban J connectivity index is 0.00000182. The van der Waals surface area contributed by atoms with Crippen LogP contribution in [0, 0.1) is 0 Å². The van der Waals surface area contributed by atoms with Crippen LogP contribution < -0.4 is 9.47 Å². The number of aliphatic imine (C=N–C) groups is 2. The van der Waals surface area contributed by atoms with Crippen LogP contribution in [0.1, 0.15) is 0 Å². The summed E-state index contributed by atoms with van der Waals surface area (Å²) >= 11 is 1.77. The van der Waals surface area contributed by atoms with E-state index in [0.29, 0.717) is 13.2 Å². The van der Waals surface area contributed by atoms with Gasteiger partial charge in [-0.15, -0.1) is 24.0 Å². The van der Waals surface area contributed by atoms with Crippen LogP contribution in [0.25, 0.3) is 0 Å². The fraction of sp³-hybridized carbons (Fsp3) is 0.500. The summed E-state index contributed by atoms with van der Waals surface area (Å²) in [6.07, 6.45) is 0. The van der Waals surface area contributed by atoms with E-state index in [1.165, 1.54) is 0 Å². The van der Waals surface area contributed by atoms with Gasteiger partial charge in [0.25, 0.3) is 0 Å². The molecular weight excluding hydrogens is 455 g/mol. The first kappa shape index (κ1) is 18.6. The zero-order chi connectivity index (χ0) is 16.4. The molecule has 0 atom stereocenters. The predicted molar refractivity (Wildman–Crippen MR) is 110 cm³/mol. The highest BCUT2D eigenvalue weighted by atomic mass is 127. The predicted octanol–water partition coefficient (Wildman–Crippen LogP) is 2.39. The van der Waals surface area contributed by atoms with Crippen LogP contribution in [0.3, 0.4) is 0 Å². The quantitative estimate of drug-likeness (QED) is 0.353. The topological polar surface area (TPSA) is 58.9 Å². The van der Waals surface area contributed by atoms with Crippen molar-refractivity contribution in [3.63, 3.8) is 0 Å². The highest BCUT2D eigenvalue weighted by molar-refractivity contribution is 14.0. The number of guanidine groups is 1. The van der Waals surface area contributed by atoms with Gasteiger partial charge in [0, 0.05) is 38.5 Å². The van der Waals surface area contributed by atoms with E-state index in [2.05, 4.69) is 16.8 Å². The second-order valence-corrected chi connectivity index (χ2v) is 6.78. The van der Waals surface area contributed by atoms with Gasteiger partial charge in [0.15, 0.2) is 16.7 Å². The Morgan fingerprint density at radius 1 is 1.12 bits per heavy atom. The third-order valence-electron chi connectivity index (χ3n) is 4.06. The van der Waals surface area contributed by atoms with Crippen LogP contribution in [0.2, 0.25) is 0 Å². The van der Waals surface area contributed by atoms with Gasteiger partial charge in [-0.3, -0.25) is 0 Å². The molecule has 0 aliphatic carbocycles. The van der Waals surface area contributed by atoms with Gasteiger partial charge in [0.2, 0.25) is 12.8 Å². The summed E-state index contributed by atoms with van der Waals surface area (Å²) in [5.41, 5.74) is 0.816. The molecule has 2 saturated heterocycles. The largest absolute Gasteiger partial charge is 0.454 e.